The van der Waals surface area contributed by atoms with Crippen LogP contribution in [0.15, 0.2) is 23.0 Å². The molecule has 0 bridgehead atoms. The fourth-order valence-corrected chi connectivity index (χ4v) is 1.31. The van der Waals surface area contributed by atoms with Crippen LogP contribution < -0.4 is 5.73 Å². The summed E-state index contributed by atoms with van der Waals surface area (Å²) in [5.74, 6) is 0.566. The Kier molecular flexibility index (Phi) is 2.93. The maximum atomic E-state index is 9.43. The average molecular weight is 220 g/mol. The smallest absolute Gasteiger partial charge is 0.257 e. The van der Waals surface area contributed by atoms with Crippen LogP contribution >= 0.6 is 0 Å². The first kappa shape index (κ1) is 10.7. The van der Waals surface area contributed by atoms with Gasteiger partial charge in [-0.05, 0) is 18.6 Å². The van der Waals surface area contributed by atoms with Crippen LogP contribution in [0.2, 0.25) is 0 Å². The maximum Gasteiger partial charge on any atom is 0.257 e. The summed E-state index contributed by atoms with van der Waals surface area (Å²) in [5, 5.41) is 13.2. The molecule has 2 heterocycles. The predicted molar refractivity (Wildman–Crippen MR) is 56.3 cm³/mol. The maximum absolute atomic E-state index is 9.43. The van der Waals surface area contributed by atoms with Crippen molar-refractivity contribution in [3.63, 3.8) is 0 Å². The Labute approximate surface area is 92.1 Å². The van der Waals surface area contributed by atoms with Crippen molar-refractivity contribution in [2.75, 3.05) is 6.54 Å². The van der Waals surface area contributed by atoms with Gasteiger partial charge in [-0.1, -0.05) is 5.16 Å². The summed E-state index contributed by atoms with van der Waals surface area (Å²) in [6.45, 7) is 1.95. The first-order valence-electron chi connectivity index (χ1n) is 4.85. The summed E-state index contributed by atoms with van der Waals surface area (Å²) >= 11 is 0. The zero-order chi connectivity index (χ0) is 11.5. The number of aliphatic hydroxyl groups is 1. The molecule has 6 heteroatoms. The van der Waals surface area contributed by atoms with E-state index in [4.69, 9.17) is 10.3 Å². The highest BCUT2D eigenvalue weighted by molar-refractivity contribution is 5.57. The summed E-state index contributed by atoms with van der Waals surface area (Å²) in [4.78, 5) is 8.05. The van der Waals surface area contributed by atoms with E-state index >= 15 is 0 Å². The molecule has 0 aliphatic rings. The Morgan fingerprint density at radius 1 is 1.56 bits per heavy atom. The molecule has 2 aromatic heterocycles. The van der Waals surface area contributed by atoms with E-state index in [1.165, 1.54) is 0 Å². The van der Waals surface area contributed by atoms with Crippen molar-refractivity contribution in [2.24, 2.45) is 5.73 Å². The summed E-state index contributed by atoms with van der Waals surface area (Å²) in [7, 11) is 0. The van der Waals surface area contributed by atoms with Crippen molar-refractivity contribution >= 4 is 0 Å². The molecule has 0 unspecified atom stereocenters. The fraction of sp³-hybridized carbons (Fsp3) is 0.300. The largest absolute Gasteiger partial charge is 0.382 e. The normalized spacial score (nSPS) is 12.7. The quantitative estimate of drug-likeness (QED) is 0.778. The molecular formula is C10H12N4O2. The molecule has 0 aliphatic heterocycles. The molecule has 3 N–H and O–H groups in total. The van der Waals surface area contributed by atoms with Crippen LogP contribution in [0.5, 0.6) is 0 Å². The van der Waals surface area contributed by atoms with Gasteiger partial charge >= 0.3 is 0 Å². The van der Waals surface area contributed by atoms with Gasteiger partial charge in [0.15, 0.2) is 0 Å². The van der Waals surface area contributed by atoms with Crippen LogP contribution in [-0.2, 0) is 0 Å². The SMILES string of the molecule is Cc1cnccc1-c1noc([C@@H](O)CN)n1. The number of pyridine rings is 1. The first-order chi connectivity index (χ1) is 7.72. The second-order valence-electron chi connectivity index (χ2n) is 3.40. The standard InChI is InChI=1S/C10H12N4O2/c1-6-5-12-3-2-7(6)9-13-10(16-14-9)8(15)4-11/h2-3,5,8,15H,4,11H2,1H3/t8-/m0/s1. The third-order valence-corrected chi connectivity index (χ3v) is 2.21. The van der Waals surface area contributed by atoms with Gasteiger partial charge in [0.25, 0.3) is 5.89 Å². The minimum atomic E-state index is -0.914. The van der Waals surface area contributed by atoms with E-state index in [0.29, 0.717) is 5.82 Å². The number of hydrogen-bond donors (Lipinski definition) is 2. The van der Waals surface area contributed by atoms with Gasteiger partial charge in [0.05, 0.1) is 0 Å². The van der Waals surface area contributed by atoms with Crippen molar-refractivity contribution in [1.82, 2.24) is 15.1 Å². The van der Waals surface area contributed by atoms with E-state index in [1.807, 2.05) is 6.92 Å². The highest BCUT2D eigenvalue weighted by Gasteiger charge is 2.16. The predicted octanol–water partition coefficient (Wildman–Crippen LogP) is 0.432. The van der Waals surface area contributed by atoms with Crippen LogP contribution in [0.3, 0.4) is 0 Å². The van der Waals surface area contributed by atoms with Crippen LogP contribution in [0.25, 0.3) is 11.4 Å². The lowest BCUT2D eigenvalue weighted by Crippen LogP contribution is -2.11. The molecule has 6 nitrogen and oxygen atoms in total. The zero-order valence-corrected chi connectivity index (χ0v) is 8.79. The van der Waals surface area contributed by atoms with Crippen molar-refractivity contribution in [2.45, 2.75) is 13.0 Å². The second-order valence-corrected chi connectivity index (χ2v) is 3.40. The molecule has 0 amide bonds. The minimum Gasteiger partial charge on any atom is -0.382 e. The molecule has 2 rings (SSSR count). The van der Waals surface area contributed by atoms with Gasteiger partial charge in [-0.2, -0.15) is 4.98 Å². The number of nitrogens with two attached hydrogens (primary N) is 1. The lowest BCUT2D eigenvalue weighted by atomic mass is 10.1. The Balaban J connectivity index is 2.35. The monoisotopic (exact) mass is 220 g/mol. The fourth-order valence-electron chi connectivity index (χ4n) is 1.31. The summed E-state index contributed by atoms with van der Waals surface area (Å²) < 4.78 is 4.92. The van der Waals surface area contributed by atoms with Gasteiger partial charge in [-0.25, -0.2) is 0 Å². The Bertz CT molecular complexity index is 483. The average Bonchev–Trinajstić information content (AvgIpc) is 2.78. The molecule has 0 aliphatic carbocycles. The number of rotatable bonds is 3. The van der Waals surface area contributed by atoms with Gasteiger partial charge in [-0.15, -0.1) is 0 Å². The van der Waals surface area contributed by atoms with Crippen molar-refractivity contribution in [3.8, 4) is 11.4 Å². The highest BCUT2D eigenvalue weighted by atomic mass is 16.5. The van der Waals surface area contributed by atoms with Crippen LogP contribution in [0, 0.1) is 6.92 Å². The Morgan fingerprint density at radius 3 is 3.06 bits per heavy atom. The van der Waals surface area contributed by atoms with Gasteiger partial charge in [0.1, 0.15) is 6.10 Å². The molecule has 0 radical (unpaired) electrons. The Morgan fingerprint density at radius 2 is 2.38 bits per heavy atom. The van der Waals surface area contributed by atoms with E-state index in [9.17, 15) is 5.11 Å². The van der Waals surface area contributed by atoms with Crippen LogP contribution in [0.4, 0.5) is 0 Å². The Hall–Kier alpha value is -1.79. The van der Waals surface area contributed by atoms with E-state index in [1.54, 1.807) is 18.5 Å². The number of aryl methyl sites for hydroxylation is 1. The lowest BCUT2D eigenvalue weighted by molar-refractivity contribution is 0.141. The van der Waals surface area contributed by atoms with E-state index in [2.05, 4.69) is 15.1 Å². The van der Waals surface area contributed by atoms with Crippen molar-refractivity contribution < 1.29 is 9.63 Å². The van der Waals surface area contributed by atoms with E-state index in [-0.39, 0.29) is 12.4 Å². The molecule has 0 saturated heterocycles. The molecule has 0 saturated carbocycles. The summed E-state index contributed by atoms with van der Waals surface area (Å²) in [6.07, 6.45) is 2.45. The van der Waals surface area contributed by atoms with Crippen LogP contribution in [0.1, 0.15) is 17.6 Å². The topological polar surface area (TPSA) is 98.1 Å². The van der Waals surface area contributed by atoms with Crippen molar-refractivity contribution in [1.29, 1.82) is 0 Å². The number of aromatic nitrogens is 3. The highest BCUT2D eigenvalue weighted by Crippen LogP contribution is 2.20. The molecule has 16 heavy (non-hydrogen) atoms. The molecule has 0 spiro atoms. The number of aliphatic hydroxyl groups excluding tert-OH is 1. The first-order valence-corrected chi connectivity index (χ1v) is 4.85. The van der Waals surface area contributed by atoms with Gasteiger partial charge in [0.2, 0.25) is 5.82 Å². The third kappa shape index (κ3) is 1.93. The lowest BCUT2D eigenvalue weighted by Gasteiger charge is -1.99. The molecule has 84 valence electrons. The van der Waals surface area contributed by atoms with E-state index in [0.717, 1.165) is 11.1 Å². The summed E-state index contributed by atoms with van der Waals surface area (Å²) in [6, 6.07) is 1.79. The molecule has 2 aromatic rings. The number of hydrogen-bond acceptors (Lipinski definition) is 6. The minimum absolute atomic E-state index is 0.0525. The molecule has 0 aromatic carbocycles. The van der Waals surface area contributed by atoms with Crippen LogP contribution in [-0.4, -0.2) is 26.8 Å². The molecule has 0 fully saturated rings. The van der Waals surface area contributed by atoms with E-state index < -0.39 is 6.10 Å². The summed E-state index contributed by atoms with van der Waals surface area (Å²) in [5.41, 5.74) is 7.06. The van der Waals surface area contributed by atoms with Gasteiger partial charge in [0, 0.05) is 24.5 Å². The van der Waals surface area contributed by atoms with Crippen molar-refractivity contribution in [3.05, 3.63) is 29.9 Å². The molecular weight excluding hydrogens is 208 g/mol. The molecule has 1 atom stereocenters. The number of nitrogens with zero attached hydrogens (tertiary/aromatic N) is 3. The second kappa shape index (κ2) is 4.38. The third-order valence-electron chi connectivity index (χ3n) is 2.21. The zero-order valence-electron chi connectivity index (χ0n) is 8.79. The van der Waals surface area contributed by atoms with Gasteiger partial charge < -0.3 is 15.4 Å². The van der Waals surface area contributed by atoms with Gasteiger partial charge in [-0.3, -0.25) is 4.98 Å².